The first-order valence-corrected chi connectivity index (χ1v) is 15.8. The lowest BCUT2D eigenvalue weighted by molar-refractivity contribution is -0.862. The third-order valence-corrected chi connectivity index (χ3v) is 11.9. The lowest BCUT2D eigenvalue weighted by atomic mass is 9.43. The van der Waals surface area contributed by atoms with E-state index in [2.05, 4.69) is 13.8 Å². The van der Waals surface area contributed by atoms with Crippen LogP contribution in [0.15, 0.2) is 11.6 Å². The van der Waals surface area contributed by atoms with Gasteiger partial charge >= 0.3 is 11.9 Å². The van der Waals surface area contributed by atoms with Gasteiger partial charge in [0.05, 0.1) is 47.9 Å². The molecule has 5 aliphatic rings. The molecule has 41 heavy (non-hydrogen) atoms. The average molecular weight is 575 g/mol. The number of quaternary nitrogens is 2. The van der Waals surface area contributed by atoms with Gasteiger partial charge in [0.15, 0.2) is 12.3 Å². The second kappa shape index (κ2) is 10.2. The van der Waals surface area contributed by atoms with Crippen molar-refractivity contribution in [1.82, 2.24) is 0 Å². The summed E-state index contributed by atoms with van der Waals surface area (Å²) in [7, 11) is 12.1. The number of likely N-dealkylation sites (N-methyl/N-ethyl adjacent to an activating group) is 2. The first kappa shape index (κ1) is 30.7. The lowest BCUT2D eigenvalue weighted by Crippen LogP contribution is -2.62. The minimum Gasteiger partial charge on any atom is -0.458 e. The predicted molar refractivity (Wildman–Crippen MR) is 155 cm³/mol. The number of cyclic esters (lactones) is 1. The summed E-state index contributed by atoms with van der Waals surface area (Å²) in [5, 5.41) is 12.9. The summed E-state index contributed by atoms with van der Waals surface area (Å²) in [5.74, 6) is 0.173. The molecule has 0 radical (unpaired) electrons. The number of nitrogens with zero attached hydrogens (tertiary/aromatic N) is 2. The van der Waals surface area contributed by atoms with Crippen molar-refractivity contribution in [2.45, 2.75) is 76.9 Å². The van der Waals surface area contributed by atoms with Gasteiger partial charge in [-0.15, -0.1) is 0 Å². The van der Waals surface area contributed by atoms with Gasteiger partial charge in [-0.05, 0) is 80.1 Å². The summed E-state index contributed by atoms with van der Waals surface area (Å²) < 4.78 is 12.4. The molecule has 0 saturated heterocycles. The van der Waals surface area contributed by atoms with Crippen LogP contribution in [0.2, 0.25) is 0 Å². The van der Waals surface area contributed by atoms with Crippen molar-refractivity contribution >= 4 is 17.7 Å². The van der Waals surface area contributed by atoms with Crippen LogP contribution in [0.5, 0.6) is 0 Å². The molecular formula is C33H54N2O6+2. The van der Waals surface area contributed by atoms with E-state index in [-0.39, 0.29) is 53.6 Å². The average Bonchev–Trinajstić information content (AvgIpc) is 3.34. The van der Waals surface area contributed by atoms with E-state index < -0.39 is 11.0 Å². The maximum atomic E-state index is 13.9. The highest BCUT2D eigenvalue weighted by Crippen LogP contribution is 2.71. The molecule has 0 amide bonds. The minimum atomic E-state index is -0.972. The molecule has 0 spiro atoms. The Bertz CT molecular complexity index is 1120. The van der Waals surface area contributed by atoms with Crippen molar-refractivity contribution in [2.75, 3.05) is 62.0 Å². The van der Waals surface area contributed by atoms with Crippen LogP contribution >= 0.6 is 0 Å². The zero-order valence-corrected chi connectivity index (χ0v) is 26.7. The van der Waals surface area contributed by atoms with Gasteiger partial charge in [0.25, 0.3) is 0 Å². The number of carbonyl (C=O) groups is 3. The number of esters is 2. The van der Waals surface area contributed by atoms with E-state index in [4.69, 9.17) is 9.47 Å². The summed E-state index contributed by atoms with van der Waals surface area (Å²) in [4.78, 5) is 38.6. The Labute approximate surface area is 246 Å². The minimum absolute atomic E-state index is 0.0270. The number of carbonyl (C=O) groups excluding carboxylic acids is 3. The van der Waals surface area contributed by atoms with Gasteiger partial charge in [-0.25, -0.2) is 9.59 Å². The fraction of sp³-hybridized carbons (Fsp3) is 0.848. The monoisotopic (exact) mass is 574 g/mol. The standard InChI is InChI=1S/C33H54N2O6/c1-31-13-11-23(41-29(38)19-35(6,7)8)16-22(31)9-10-26-25(31)12-14-32(2)30(21-15-28(37)40-20-21)24(17-33(26,32)39)27(36)18-34(3,4)5/h15,22-26,30,39H,9-14,16-20H2,1-8H3/q+2/t22-,23-,24-,25+,26-,30+,31-,32+,33-/m0/s1. The molecule has 230 valence electrons. The second-order valence-corrected chi connectivity index (χ2v) is 16.7. The van der Waals surface area contributed by atoms with Crippen LogP contribution in [-0.2, 0) is 23.9 Å². The molecule has 1 heterocycles. The molecule has 4 saturated carbocycles. The van der Waals surface area contributed by atoms with Crippen molar-refractivity contribution < 1.29 is 37.9 Å². The number of Topliss-reactive ketones (excluding diaryl/α,β-unsaturated/α-hetero) is 1. The van der Waals surface area contributed by atoms with Gasteiger partial charge in [0, 0.05) is 23.3 Å². The number of hydrogen-bond donors (Lipinski definition) is 1. The fourth-order valence-corrected chi connectivity index (χ4v) is 10.1. The van der Waals surface area contributed by atoms with Crippen molar-refractivity contribution in [3.63, 3.8) is 0 Å². The van der Waals surface area contributed by atoms with Crippen LogP contribution < -0.4 is 0 Å². The molecule has 0 aromatic rings. The summed E-state index contributed by atoms with van der Waals surface area (Å²) in [6.45, 7) is 5.61. The van der Waals surface area contributed by atoms with Gasteiger partial charge in [-0.3, -0.25) is 4.79 Å². The summed E-state index contributed by atoms with van der Waals surface area (Å²) in [6.07, 6.45) is 8.57. The number of hydrogen-bond acceptors (Lipinski definition) is 6. The Kier molecular flexibility index (Phi) is 7.60. The Morgan fingerprint density at radius 3 is 2.27 bits per heavy atom. The Balaban J connectivity index is 1.40. The van der Waals surface area contributed by atoms with Crippen LogP contribution in [0.1, 0.15) is 65.2 Å². The number of ketones is 1. The Morgan fingerprint density at radius 1 is 0.976 bits per heavy atom. The highest BCUT2D eigenvalue weighted by atomic mass is 16.5. The van der Waals surface area contributed by atoms with Gasteiger partial charge in [0.2, 0.25) is 0 Å². The van der Waals surface area contributed by atoms with Crippen LogP contribution in [0.4, 0.5) is 0 Å². The highest BCUT2D eigenvalue weighted by Gasteiger charge is 2.71. The molecule has 5 rings (SSSR count). The summed E-state index contributed by atoms with van der Waals surface area (Å²) >= 11 is 0. The van der Waals surface area contributed by atoms with Gasteiger partial charge in [0.1, 0.15) is 19.3 Å². The molecule has 0 bridgehead atoms. The molecule has 1 N–H and O–H groups in total. The molecule has 4 fully saturated rings. The number of ether oxygens (including phenoxy) is 2. The first-order chi connectivity index (χ1) is 18.9. The van der Waals surface area contributed by atoms with Crippen molar-refractivity contribution in [3.8, 4) is 0 Å². The first-order valence-electron chi connectivity index (χ1n) is 15.8. The molecular weight excluding hydrogens is 520 g/mol. The molecule has 0 unspecified atom stereocenters. The third kappa shape index (κ3) is 5.42. The van der Waals surface area contributed by atoms with E-state index in [0.29, 0.717) is 40.3 Å². The van der Waals surface area contributed by atoms with Gasteiger partial charge < -0.3 is 23.5 Å². The quantitative estimate of drug-likeness (QED) is 0.371. The van der Waals surface area contributed by atoms with Crippen molar-refractivity contribution in [3.05, 3.63) is 11.6 Å². The van der Waals surface area contributed by atoms with E-state index >= 15 is 0 Å². The van der Waals surface area contributed by atoms with Crippen LogP contribution in [0.3, 0.4) is 0 Å². The maximum absolute atomic E-state index is 13.9. The second-order valence-electron chi connectivity index (χ2n) is 16.7. The van der Waals surface area contributed by atoms with Crippen LogP contribution in [0.25, 0.3) is 0 Å². The molecule has 0 aromatic heterocycles. The number of fused-ring (bicyclic) bond motifs is 5. The molecule has 8 nitrogen and oxygen atoms in total. The third-order valence-electron chi connectivity index (χ3n) is 11.9. The van der Waals surface area contributed by atoms with Gasteiger partial charge in [-0.1, -0.05) is 13.8 Å². The van der Waals surface area contributed by atoms with Crippen molar-refractivity contribution in [2.24, 2.45) is 40.4 Å². The van der Waals surface area contributed by atoms with E-state index in [1.165, 1.54) is 0 Å². The van der Waals surface area contributed by atoms with E-state index in [1.807, 2.05) is 42.3 Å². The molecule has 1 aliphatic heterocycles. The Hall–Kier alpha value is -1.77. The normalized spacial score (nSPS) is 42.5. The number of rotatable bonds is 7. The zero-order chi connectivity index (χ0) is 30.2. The zero-order valence-electron chi connectivity index (χ0n) is 26.7. The molecule has 8 heteroatoms. The smallest absolute Gasteiger partial charge is 0.362 e. The molecule has 4 aliphatic carbocycles. The summed E-state index contributed by atoms with van der Waals surface area (Å²) in [5.41, 5.74) is -0.488. The molecule has 0 aromatic carbocycles. The fourth-order valence-electron chi connectivity index (χ4n) is 10.1. The molecule has 9 atom stereocenters. The predicted octanol–water partition coefficient (Wildman–Crippen LogP) is 3.36. The van der Waals surface area contributed by atoms with Crippen LogP contribution in [-0.4, -0.2) is 105 Å². The van der Waals surface area contributed by atoms with E-state index in [0.717, 1.165) is 50.5 Å². The topological polar surface area (TPSA) is 89.9 Å². The highest BCUT2D eigenvalue weighted by molar-refractivity contribution is 5.87. The lowest BCUT2D eigenvalue weighted by Gasteiger charge is -2.63. The summed E-state index contributed by atoms with van der Waals surface area (Å²) in [6, 6.07) is 0. The van der Waals surface area contributed by atoms with E-state index in [9.17, 15) is 19.5 Å². The van der Waals surface area contributed by atoms with Gasteiger partial charge in [-0.2, -0.15) is 0 Å². The van der Waals surface area contributed by atoms with Crippen molar-refractivity contribution in [1.29, 1.82) is 0 Å². The van der Waals surface area contributed by atoms with E-state index in [1.54, 1.807) is 6.08 Å². The number of aliphatic hydroxyl groups is 1. The maximum Gasteiger partial charge on any atom is 0.362 e. The largest absolute Gasteiger partial charge is 0.458 e. The SMILES string of the molecule is C[C@]12CC[C@H](OC(=O)C[N+](C)(C)C)C[C@@H]1CC[C@H]1[C@H]2CC[C@]2(C)[C@H](C3=CC(=O)OC3)[C@H](C(=O)C[N+](C)(C)C)C[C@]12O. The Morgan fingerprint density at radius 2 is 1.66 bits per heavy atom. The van der Waals surface area contributed by atoms with Crippen LogP contribution in [0, 0.1) is 40.4 Å².